The molecule has 2 aromatic rings. The van der Waals surface area contributed by atoms with Crippen molar-refractivity contribution in [3.05, 3.63) is 29.8 Å². The van der Waals surface area contributed by atoms with Gasteiger partial charge in [-0.15, -0.1) is 0 Å². The smallest absolute Gasteiger partial charge is 0.336 e. The van der Waals surface area contributed by atoms with Crippen LogP contribution in [0.15, 0.2) is 18.5 Å². The third-order valence-electron chi connectivity index (χ3n) is 3.17. The number of carboxylic acid groups (broad SMARTS) is 1. The molecular formula is C14H19FN2O3Si. The maximum absolute atomic E-state index is 14.0. The first kappa shape index (κ1) is 15.7. The van der Waals surface area contributed by atoms with E-state index in [0.717, 1.165) is 6.04 Å². The van der Waals surface area contributed by atoms with Gasteiger partial charge in [-0.05, 0) is 12.1 Å². The Bertz CT molecular complexity index is 664. The molecule has 0 saturated carbocycles. The van der Waals surface area contributed by atoms with Gasteiger partial charge >= 0.3 is 5.97 Å². The third kappa shape index (κ3) is 3.67. The number of fused-ring (bicyclic) bond motifs is 1. The largest absolute Gasteiger partial charge is 0.478 e. The first-order chi connectivity index (χ1) is 9.79. The predicted octanol–water partition coefficient (Wildman–Crippen LogP) is 3.19. The van der Waals surface area contributed by atoms with E-state index in [4.69, 9.17) is 9.84 Å². The molecule has 0 aliphatic carbocycles. The lowest BCUT2D eigenvalue weighted by molar-refractivity contribution is 0.0698. The van der Waals surface area contributed by atoms with Gasteiger partial charge in [-0.25, -0.2) is 14.2 Å². The monoisotopic (exact) mass is 310 g/mol. The molecule has 0 aliphatic heterocycles. The lowest BCUT2D eigenvalue weighted by Crippen LogP contribution is -2.22. The Hall–Kier alpha value is -1.73. The Morgan fingerprint density at radius 3 is 2.81 bits per heavy atom. The van der Waals surface area contributed by atoms with Crippen LogP contribution in [0.5, 0.6) is 0 Å². The van der Waals surface area contributed by atoms with Crippen molar-refractivity contribution in [3.63, 3.8) is 0 Å². The fraction of sp³-hybridized carbons (Fsp3) is 0.429. The summed E-state index contributed by atoms with van der Waals surface area (Å²) in [6.45, 7) is 7.53. The second kappa shape index (κ2) is 5.95. The van der Waals surface area contributed by atoms with E-state index in [0.29, 0.717) is 12.3 Å². The molecule has 0 amide bonds. The average Bonchev–Trinajstić information content (AvgIpc) is 2.71. The molecule has 5 nitrogen and oxygen atoms in total. The fourth-order valence-electron chi connectivity index (χ4n) is 1.98. The molecule has 0 spiro atoms. The standard InChI is InChI=1S/C14H19FN2O3Si/c1-21(2,3)7-6-20-9-17-8-11(15)12-10(14(18)19)4-5-16-13(12)17/h4-5,8H,6-7,9H2,1-3H3,(H,18,19). The van der Waals surface area contributed by atoms with Gasteiger partial charge in [0.1, 0.15) is 12.4 Å². The minimum atomic E-state index is -1.17. The van der Waals surface area contributed by atoms with E-state index in [9.17, 15) is 9.18 Å². The van der Waals surface area contributed by atoms with E-state index in [1.165, 1.54) is 23.0 Å². The summed E-state index contributed by atoms with van der Waals surface area (Å²) in [6.07, 6.45) is 2.60. The van der Waals surface area contributed by atoms with Crippen LogP contribution in [0.25, 0.3) is 11.0 Å². The van der Waals surface area contributed by atoms with Crippen LogP contribution in [-0.2, 0) is 11.5 Å². The number of hydrogen-bond acceptors (Lipinski definition) is 3. The molecule has 0 bridgehead atoms. The number of hydrogen-bond donors (Lipinski definition) is 1. The van der Waals surface area contributed by atoms with Crippen LogP contribution in [0, 0.1) is 5.82 Å². The number of halogens is 1. The van der Waals surface area contributed by atoms with Gasteiger partial charge in [0.15, 0.2) is 5.82 Å². The quantitative estimate of drug-likeness (QED) is 0.657. The van der Waals surface area contributed by atoms with E-state index in [1.807, 2.05) is 0 Å². The topological polar surface area (TPSA) is 64.3 Å². The van der Waals surface area contributed by atoms with Crippen molar-refractivity contribution < 1.29 is 19.0 Å². The highest BCUT2D eigenvalue weighted by Gasteiger charge is 2.18. The molecule has 0 radical (unpaired) electrons. The Labute approximate surface area is 123 Å². The van der Waals surface area contributed by atoms with Gasteiger partial charge in [0.25, 0.3) is 0 Å². The second-order valence-corrected chi connectivity index (χ2v) is 11.8. The molecule has 0 unspecified atom stereocenters. The van der Waals surface area contributed by atoms with Crippen molar-refractivity contribution in [2.75, 3.05) is 6.61 Å². The molecule has 2 heterocycles. The zero-order valence-electron chi connectivity index (χ0n) is 12.4. The summed E-state index contributed by atoms with van der Waals surface area (Å²) in [5, 5.41) is 9.12. The molecule has 0 aromatic carbocycles. The van der Waals surface area contributed by atoms with Crippen molar-refractivity contribution in [3.8, 4) is 0 Å². The molecule has 1 N–H and O–H groups in total. The number of ether oxygens (including phenoxy) is 1. The number of pyridine rings is 1. The minimum Gasteiger partial charge on any atom is -0.478 e. The molecule has 2 aromatic heterocycles. The van der Waals surface area contributed by atoms with E-state index < -0.39 is 19.9 Å². The van der Waals surface area contributed by atoms with Crippen LogP contribution in [0.3, 0.4) is 0 Å². The molecule has 0 atom stereocenters. The van der Waals surface area contributed by atoms with Crippen LogP contribution < -0.4 is 0 Å². The highest BCUT2D eigenvalue weighted by atomic mass is 28.3. The lowest BCUT2D eigenvalue weighted by Gasteiger charge is -2.15. The normalized spacial score (nSPS) is 12.0. The van der Waals surface area contributed by atoms with Gasteiger partial charge in [-0.1, -0.05) is 19.6 Å². The Balaban J connectivity index is 2.18. The minimum absolute atomic E-state index is 0.0267. The van der Waals surface area contributed by atoms with Crippen molar-refractivity contribution in [2.24, 2.45) is 0 Å². The first-order valence-electron chi connectivity index (χ1n) is 6.74. The molecule has 7 heteroatoms. The highest BCUT2D eigenvalue weighted by Crippen LogP contribution is 2.22. The summed E-state index contributed by atoms with van der Waals surface area (Å²) in [7, 11) is -1.17. The molecule has 2 rings (SSSR count). The number of aromatic nitrogens is 2. The van der Waals surface area contributed by atoms with Crippen molar-refractivity contribution in [1.29, 1.82) is 0 Å². The van der Waals surface area contributed by atoms with Crippen LogP contribution in [0.2, 0.25) is 25.7 Å². The van der Waals surface area contributed by atoms with E-state index in [-0.39, 0.29) is 17.7 Å². The summed E-state index contributed by atoms with van der Waals surface area (Å²) < 4.78 is 21.0. The van der Waals surface area contributed by atoms with Crippen LogP contribution in [-0.4, -0.2) is 35.3 Å². The van der Waals surface area contributed by atoms with Gasteiger partial charge in [-0.2, -0.15) is 0 Å². The summed E-state index contributed by atoms with van der Waals surface area (Å²) in [5.74, 6) is -1.76. The van der Waals surface area contributed by atoms with E-state index >= 15 is 0 Å². The van der Waals surface area contributed by atoms with E-state index in [2.05, 4.69) is 24.6 Å². The van der Waals surface area contributed by atoms with Crippen molar-refractivity contribution >= 4 is 25.1 Å². The average molecular weight is 310 g/mol. The van der Waals surface area contributed by atoms with Gasteiger partial charge in [0.05, 0.1) is 10.9 Å². The zero-order chi connectivity index (χ0) is 15.6. The van der Waals surface area contributed by atoms with Crippen LogP contribution in [0.1, 0.15) is 10.4 Å². The van der Waals surface area contributed by atoms with Gasteiger partial charge in [-0.3, -0.25) is 0 Å². The van der Waals surface area contributed by atoms with E-state index in [1.54, 1.807) is 0 Å². The fourth-order valence-corrected chi connectivity index (χ4v) is 2.74. The molecule has 0 fully saturated rings. The van der Waals surface area contributed by atoms with Gasteiger partial charge in [0, 0.05) is 27.1 Å². The molecule has 0 saturated heterocycles. The van der Waals surface area contributed by atoms with Crippen molar-refractivity contribution in [2.45, 2.75) is 32.4 Å². The summed E-state index contributed by atoms with van der Waals surface area (Å²) >= 11 is 0. The molecular weight excluding hydrogens is 291 g/mol. The predicted molar refractivity (Wildman–Crippen MR) is 80.8 cm³/mol. The number of aromatic carboxylic acids is 1. The number of nitrogens with zero attached hydrogens (tertiary/aromatic N) is 2. The number of rotatable bonds is 6. The third-order valence-corrected chi connectivity index (χ3v) is 4.87. The Morgan fingerprint density at radius 1 is 1.48 bits per heavy atom. The molecule has 0 aliphatic rings. The number of carboxylic acids is 1. The Kier molecular flexibility index (Phi) is 4.43. The molecule has 21 heavy (non-hydrogen) atoms. The van der Waals surface area contributed by atoms with Gasteiger partial charge < -0.3 is 14.4 Å². The maximum Gasteiger partial charge on any atom is 0.336 e. The summed E-state index contributed by atoms with van der Waals surface area (Å²) in [4.78, 5) is 15.2. The van der Waals surface area contributed by atoms with Gasteiger partial charge in [0.2, 0.25) is 0 Å². The van der Waals surface area contributed by atoms with Crippen LogP contribution >= 0.6 is 0 Å². The Morgan fingerprint density at radius 2 is 2.19 bits per heavy atom. The first-order valence-corrected chi connectivity index (χ1v) is 10.4. The highest BCUT2D eigenvalue weighted by molar-refractivity contribution is 6.76. The summed E-state index contributed by atoms with van der Waals surface area (Å²) in [5.41, 5.74) is 0.207. The lowest BCUT2D eigenvalue weighted by atomic mass is 10.2. The SMILES string of the molecule is C[Si](C)(C)CCOCn1cc(F)c2c(C(=O)O)ccnc21. The number of carbonyl (C=O) groups is 1. The summed E-state index contributed by atoms with van der Waals surface area (Å²) in [6, 6.07) is 2.31. The van der Waals surface area contributed by atoms with Crippen molar-refractivity contribution in [1.82, 2.24) is 9.55 Å². The zero-order valence-corrected chi connectivity index (χ0v) is 13.4. The maximum atomic E-state index is 14.0. The van der Waals surface area contributed by atoms with Crippen LogP contribution in [0.4, 0.5) is 4.39 Å². The second-order valence-electron chi connectivity index (χ2n) is 6.16. The molecule has 114 valence electrons.